The topological polar surface area (TPSA) is 104 Å². The molecule has 0 radical (unpaired) electrons. The number of nitrogens with zero attached hydrogens (tertiary/aromatic N) is 6. The van der Waals surface area contributed by atoms with Crippen LogP contribution in [0.4, 0.5) is 10.5 Å². The van der Waals surface area contributed by atoms with Crippen molar-refractivity contribution >= 4 is 28.7 Å². The number of fused-ring (bicyclic) bond motifs is 3. The summed E-state index contributed by atoms with van der Waals surface area (Å²) in [7, 11) is 5.40. The van der Waals surface area contributed by atoms with Crippen LogP contribution in [-0.4, -0.2) is 81.3 Å². The third-order valence-corrected chi connectivity index (χ3v) is 6.88. The maximum atomic E-state index is 12.2. The van der Waals surface area contributed by atoms with Crippen molar-refractivity contribution in [2.75, 3.05) is 39.1 Å². The van der Waals surface area contributed by atoms with Gasteiger partial charge in [-0.3, -0.25) is 19.4 Å². The summed E-state index contributed by atoms with van der Waals surface area (Å²) in [4.78, 5) is 46.3. The van der Waals surface area contributed by atoms with Gasteiger partial charge in [-0.1, -0.05) is 6.07 Å². The van der Waals surface area contributed by atoms with Crippen molar-refractivity contribution in [1.82, 2.24) is 23.9 Å². The number of hydrogen-bond donors (Lipinski definition) is 1. The summed E-state index contributed by atoms with van der Waals surface area (Å²) in [6.07, 6.45) is 2.84. The maximum Gasteiger partial charge on any atom is 0.412 e. The van der Waals surface area contributed by atoms with Crippen LogP contribution in [0.15, 0.2) is 41.3 Å². The molecule has 3 heterocycles. The quantitative estimate of drug-likeness (QED) is 0.515. The molecule has 10 heteroatoms. The first-order valence-electron chi connectivity index (χ1n) is 12.2. The average Bonchev–Trinajstić information content (AvgIpc) is 3.19. The van der Waals surface area contributed by atoms with Crippen LogP contribution in [0.5, 0.6) is 0 Å². The van der Waals surface area contributed by atoms with Crippen LogP contribution in [0.25, 0.3) is 11.0 Å². The lowest BCUT2D eigenvalue weighted by Crippen LogP contribution is -2.41. The van der Waals surface area contributed by atoms with Crippen LogP contribution in [0.2, 0.25) is 0 Å². The third-order valence-electron chi connectivity index (χ3n) is 6.88. The molecule has 2 amide bonds. The second-order valence-corrected chi connectivity index (χ2v) is 9.66. The molecule has 192 valence electrons. The molecule has 0 unspecified atom stereocenters. The number of amides is 2. The second-order valence-electron chi connectivity index (χ2n) is 9.66. The summed E-state index contributed by atoms with van der Waals surface area (Å²) >= 11 is 0. The van der Waals surface area contributed by atoms with E-state index in [4.69, 9.17) is 4.98 Å². The van der Waals surface area contributed by atoms with Crippen LogP contribution in [-0.2, 0) is 30.7 Å². The highest BCUT2D eigenvalue weighted by Gasteiger charge is 2.30. The highest BCUT2D eigenvalue weighted by atomic mass is 16.4. The Hall–Kier alpha value is -3.66. The minimum atomic E-state index is -0.960. The van der Waals surface area contributed by atoms with E-state index in [-0.39, 0.29) is 17.5 Å². The Morgan fingerprint density at radius 2 is 1.92 bits per heavy atom. The molecule has 10 nitrogen and oxygen atoms in total. The summed E-state index contributed by atoms with van der Waals surface area (Å²) in [5, 5.41) is 9.81. The summed E-state index contributed by atoms with van der Waals surface area (Å²) in [5.41, 5.74) is 3.33. The summed E-state index contributed by atoms with van der Waals surface area (Å²) in [5.74, 6) is 0.871. The van der Waals surface area contributed by atoms with E-state index in [2.05, 4.69) is 4.57 Å². The zero-order valence-electron chi connectivity index (χ0n) is 21.3. The van der Waals surface area contributed by atoms with Gasteiger partial charge in [-0.15, -0.1) is 0 Å². The van der Waals surface area contributed by atoms with Gasteiger partial charge < -0.3 is 19.1 Å². The molecule has 0 bridgehead atoms. The zero-order valence-corrected chi connectivity index (χ0v) is 21.3. The number of imidazole rings is 1. The minimum absolute atomic E-state index is 0.0358. The number of carbonyl (C=O) groups is 2. The molecule has 1 aromatic carbocycles. The van der Waals surface area contributed by atoms with Gasteiger partial charge in [0.2, 0.25) is 5.91 Å². The average molecular weight is 495 g/mol. The Bertz CT molecular complexity index is 1330. The van der Waals surface area contributed by atoms with Crippen molar-refractivity contribution in [3.63, 3.8) is 0 Å². The fraction of sp³-hybridized carbons (Fsp3) is 0.462. The van der Waals surface area contributed by atoms with E-state index in [1.807, 2.05) is 37.1 Å². The molecule has 0 spiro atoms. The minimum Gasteiger partial charge on any atom is -0.465 e. The first kappa shape index (κ1) is 25.4. The smallest absolute Gasteiger partial charge is 0.412 e. The van der Waals surface area contributed by atoms with Crippen molar-refractivity contribution < 1.29 is 14.7 Å². The van der Waals surface area contributed by atoms with E-state index >= 15 is 0 Å². The predicted octanol–water partition coefficient (Wildman–Crippen LogP) is 2.28. The van der Waals surface area contributed by atoms with Crippen molar-refractivity contribution in [2.45, 2.75) is 45.3 Å². The SMILES string of the molecule is C[C@H]1CCc2c(ccc3c2nc(CCn2ccccc2=O)n3CCN(C)CC(=O)N(C)C)N1C(=O)O. The molecule has 36 heavy (non-hydrogen) atoms. The van der Waals surface area contributed by atoms with Crippen LogP contribution in [0, 0.1) is 0 Å². The molecule has 3 aromatic rings. The molecule has 0 aliphatic carbocycles. The van der Waals surface area contributed by atoms with Gasteiger partial charge in [-0.05, 0) is 45.0 Å². The molecule has 1 N–H and O–H groups in total. The Balaban J connectivity index is 1.70. The lowest BCUT2D eigenvalue weighted by Gasteiger charge is -2.33. The van der Waals surface area contributed by atoms with Gasteiger partial charge in [-0.25, -0.2) is 9.78 Å². The molecular weight excluding hydrogens is 460 g/mol. The molecular formula is C26H34N6O4. The molecule has 2 aromatic heterocycles. The molecule has 1 aliphatic rings. The van der Waals surface area contributed by atoms with Crippen molar-refractivity contribution in [3.05, 3.63) is 58.3 Å². The fourth-order valence-corrected chi connectivity index (χ4v) is 4.80. The van der Waals surface area contributed by atoms with Gasteiger partial charge in [0.05, 0.1) is 23.3 Å². The molecule has 1 atom stereocenters. The van der Waals surface area contributed by atoms with Crippen molar-refractivity contribution in [2.24, 2.45) is 0 Å². The highest BCUT2D eigenvalue weighted by molar-refractivity contribution is 5.94. The van der Waals surface area contributed by atoms with Crippen LogP contribution < -0.4 is 10.5 Å². The molecule has 4 rings (SSSR count). The summed E-state index contributed by atoms with van der Waals surface area (Å²) in [6.45, 7) is 3.98. The van der Waals surface area contributed by atoms with Gasteiger partial charge in [0, 0.05) is 64.0 Å². The number of aryl methyl sites for hydroxylation is 3. The van der Waals surface area contributed by atoms with Gasteiger partial charge in [0.1, 0.15) is 5.82 Å². The standard InChI is InChI=1S/C26H34N6O4/c1-18-8-9-19-20(32(18)26(35)36)10-11-21-25(19)27-22(12-14-30-13-6-5-7-23(30)33)31(21)16-15-29(4)17-24(34)28(2)3/h5-7,10-11,13,18H,8-9,12,14-17H2,1-4H3,(H,35,36)/t18-/m0/s1. The van der Waals surface area contributed by atoms with E-state index < -0.39 is 6.09 Å². The van der Waals surface area contributed by atoms with E-state index in [1.54, 1.807) is 35.8 Å². The second kappa shape index (κ2) is 10.5. The number of carboxylic acid groups (broad SMARTS) is 1. The molecule has 0 fully saturated rings. The van der Waals surface area contributed by atoms with Gasteiger partial charge in [-0.2, -0.15) is 0 Å². The number of benzene rings is 1. The number of pyridine rings is 1. The summed E-state index contributed by atoms with van der Waals surface area (Å²) < 4.78 is 3.80. The monoisotopic (exact) mass is 494 g/mol. The number of likely N-dealkylation sites (N-methyl/N-ethyl adjacent to an activating group) is 2. The number of hydrogen-bond acceptors (Lipinski definition) is 5. The Morgan fingerprint density at radius 3 is 2.61 bits per heavy atom. The third kappa shape index (κ3) is 5.13. The molecule has 1 aliphatic heterocycles. The fourth-order valence-electron chi connectivity index (χ4n) is 4.80. The van der Waals surface area contributed by atoms with Crippen molar-refractivity contribution in [1.29, 1.82) is 0 Å². The van der Waals surface area contributed by atoms with E-state index in [0.717, 1.165) is 35.3 Å². The normalized spacial score (nSPS) is 15.4. The van der Waals surface area contributed by atoms with Crippen LogP contribution in [0.1, 0.15) is 24.7 Å². The maximum absolute atomic E-state index is 12.2. The number of rotatable bonds is 8. The summed E-state index contributed by atoms with van der Waals surface area (Å²) in [6, 6.07) is 8.82. The number of anilines is 1. The largest absolute Gasteiger partial charge is 0.465 e. The van der Waals surface area contributed by atoms with E-state index in [9.17, 15) is 19.5 Å². The molecule has 0 saturated carbocycles. The predicted molar refractivity (Wildman–Crippen MR) is 139 cm³/mol. The Morgan fingerprint density at radius 1 is 1.14 bits per heavy atom. The molecule has 0 saturated heterocycles. The van der Waals surface area contributed by atoms with E-state index in [0.29, 0.717) is 38.3 Å². The van der Waals surface area contributed by atoms with Crippen molar-refractivity contribution in [3.8, 4) is 0 Å². The first-order chi connectivity index (χ1) is 17.2. The van der Waals surface area contributed by atoms with Gasteiger partial charge >= 0.3 is 6.09 Å². The highest BCUT2D eigenvalue weighted by Crippen LogP contribution is 2.36. The van der Waals surface area contributed by atoms with Gasteiger partial charge in [0.15, 0.2) is 0 Å². The van der Waals surface area contributed by atoms with Gasteiger partial charge in [0.25, 0.3) is 5.56 Å². The Labute approximate surface area is 210 Å². The van der Waals surface area contributed by atoms with Crippen LogP contribution >= 0.6 is 0 Å². The number of aromatic nitrogens is 3. The number of carbonyl (C=O) groups excluding carboxylic acids is 1. The Kier molecular flexibility index (Phi) is 7.44. The van der Waals surface area contributed by atoms with Crippen LogP contribution in [0.3, 0.4) is 0 Å². The first-order valence-corrected chi connectivity index (χ1v) is 12.2. The zero-order chi connectivity index (χ0) is 26.0. The lowest BCUT2D eigenvalue weighted by molar-refractivity contribution is -0.129. The lowest BCUT2D eigenvalue weighted by atomic mass is 9.96. The van der Waals surface area contributed by atoms with E-state index in [1.165, 1.54) is 11.0 Å².